The Hall–Kier alpha value is -3.61. The van der Waals surface area contributed by atoms with Crippen LogP contribution in [0.4, 0.5) is 5.69 Å². The predicted octanol–water partition coefficient (Wildman–Crippen LogP) is 4.01. The van der Waals surface area contributed by atoms with Crippen molar-refractivity contribution in [2.24, 2.45) is 0 Å². The van der Waals surface area contributed by atoms with Crippen molar-refractivity contribution in [1.82, 2.24) is 5.16 Å². The molecule has 0 saturated carbocycles. The third-order valence-corrected chi connectivity index (χ3v) is 5.46. The van der Waals surface area contributed by atoms with E-state index in [2.05, 4.69) is 5.16 Å². The van der Waals surface area contributed by atoms with Gasteiger partial charge in [-0.25, -0.2) is 4.79 Å². The van der Waals surface area contributed by atoms with E-state index in [-0.39, 0.29) is 18.6 Å². The molecule has 2 heterocycles. The highest BCUT2D eigenvalue weighted by molar-refractivity contribution is 5.99. The van der Waals surface area contributed by atoms with Crippen LogP contribution in [-0.2, 0) is 22.6 Å². The molecule has 7 nitrogen and oxygen atoms in total. The van der Waals surface area contributed by atoms with Gasteiger partial charge in [0.1, 0.15) is 18.1 Å². The summed E-state index contributed by atoms with van der Waals surface area (Å²) >= 11 is 0. The lowest BCUT2D eigenvalue weighted by molar-refractivity contribution is -0.122. The number of amides is 1. The molecule has 4 rings (SSSR count). The Kier molecular flexibility index (Phi) is 5.75. The summed E-state index contributed by atoms with van der Waals surface area (Å²) in [6.07, 6.45) is 0.797. The fraction of sp³-hybridized carbons (Fsp3) is 0.292. The van der Waals surface area contributed by atoms with Crippen molar-refractivity contribution in [2.45, 2.75) is 39.8 Å². The number of rotatable bonds is 6. The van der Waals surface area contributed by atoms with Crippen molar-refractivity contribution < 1.29 is 23.6 Å². The average molecular weight is 420 g/mol. The van der Waals surface area contributed by atoms with E-state index in [1.165, 1.54) is 0 Å². The predicted molar refractivity (Wildman–Crippen MR) is 114 cm³/mol. The summed E-state index contributed by atoms with van der Waals surface area (Å²) in [6, 6.07) is 14.4. The molecule has 0 saturated heterocycles. The van der Waals surface area contributed by atoms with Crippen molar-refractivity contribution in [1.29, 1.82) is 0 Å². The van der Waals surface area contributed by atoms with Gasteiger partial charge in [0.15, 0.2) is 6.61 Å². The minimum Gasteiger partial charge on any atom is -0.489 e. The molecule has 1 amide bonds. The van der Waals surface area contributed by atoms with E-state index in [9.17, 15) is 9.59 Å². The fourth-order valence-electron chi connectivity index (χ4n) is 3.78. The summed E-state index contributed by atoms with van der Waals surface area (Å²) < 4.78 is 16.1. The molecule has 0 bridgehead atoms. The van der Waals surface area contributed by atoms with Crippen LogP contribution in [0.1, 0.15) is 39.9 Å². The molecule has 1 unspecified atom stereocenters. The van der Waals surface area contributed by atoms with Crippen molar-refractivity contribution in [2.75, 3.05) is 11.5 Å². The molecule has 1 atom stereocenters. The highest BCUT2D eigenvalue weighted by Crippen LogP contribution is 2.31. The Balaban J connectivity index is 1.32. The van der Waals surface area contributed by atoms with E-state index >= 15 is 0 Å². The maximum atomic E-state index is 12.7. The summed E-state index contributed by atoms with van der Waals surface area (Å²) in [7, 11) is 0. The van der Waals surface area contributed by atoms with E-state index in [0.29, 0.717) is 17.9 Å². The Morgan fingerprint density at radius 3 is 2.58 bits per heavy atom. The number of hydrogen-bond acceptors (Lipinski definition) is 6. The number of hydrogen-bond donors (Lipinski definition) is 0. The van der Waals surface area contributed by atoms with Gasteiger partial charge in [0, 0.05) is 11.7 Å². The molecule has 1 aliphatic rings. The molecular formula is C24H24N2O5. The van der Waals surface area contributed by atoms with Gasteiger partial charge in [-0.05, 0) is 63.1 Å². The molecule has 1 aliphatic heterocycles. The van der Waals surface area contributed by atoms with Crippen LogP contribution in [0.5, 0.6) is 5.75 Å². The quantitative estimate of drug-likeness (QED) is 0.561. The number of carbonyl (C=O) groups excluding carboxylic acids is 2. The Morgan fingerprint density at radius 2 is 1.87 bits per heavy atom. The first-order chi connectivity index (χ1) is 14.9. The van der Waals surface area contributed by atoms with Gasteiger partial charge >= 0.3 is 5.97 Å². The lowest BCUT2D eigenvalue weighted by atomic mass is 10.1. The molecule has 0 spiro atoms. The van der Waals surface area contributed by atoms with E-state index in [0.717, 1.165) is 34.7 Å². The van der Waals surface area contributed by atoms with Gasteiger partial charge < -0.3 is 18.9 Å². The largest absolute Gasteiger partial charge is 0.489 e. The number of benzene rings is 2. The lowest BCUT2D eigenvalue weighted by Crippen LogP contribution is -2.38. The molecule has 2 aromatic carbocycles. The molecule has 1 aromatic heterocycles. The van der Waals surface area contributed by atoms with Crippen LogP contribution in [0.15, 0.2) is 53.1 Å². The Bertz CT molecular complexity index is 1080. The second-order valence-corrected chi connectivity index (χ2v) is 7.64. The van der Waals surface area contributed by atoms with Crippen LogP contribution in [0.3, 0.4) is 0 Å². The van der Waals surface area contributed by atoms with Crippen LogP contribution in [0, 0.1) is 13.8 Å². The first kappa shape index (κ1) is 20.7. The van der Waals surface area contributed by atoms with Crippen LogP contribution >= 0.6 is 0 Å². The zero-order chi connectivity index (χ0) is 22.0. The van der Waals surface area contributed by atoms with Crippen molar-refractivity contribution >= 4 is 17.6 Å². The molecular weight excluding hydrogens is 396 g/mol. The molecule has 7 heteroatoms. The number of nitrogens with zero attached hydrogens (tertiary/aromatic N) is 2. The van der Waals surface area contributed by atoms with Crippen LogP contribution < -0.4 is 9.64 Å². The van der Waals surface area contributed by atoms with Gasteiger partial charge in [0.25, 0.3) is 5.91 Å². The zero-order valence-corrected chi connectivity index (χ0v) is 17.8. The highest BCUT2D eigenvalue weighted by atomic mass is 16.5. The van der Waals surface area contributed by atoms with Gasteiger partial charge in [0.2, 0.25) is 0 Å². The second-order valence-electron chi connectivity index (χ2n) is 7.64. The Morgan fingerprint density at radius 1 is 1.13 bits per heavy atom. The SMILES string of the molecule is Cc1noc(C)c1COc1ccc(C(=O)OCC(=O)N2c3ccccc3CC2C)cc1. The monoisotopic (exact) mass is 420 g/mol. The summed E-state index contributed by atoms with van der Waals surface area (Å²) in [5, 5.41) is 3.90. The maximum Gasteiger partial charge on any atom is 0.338 e. The zero-order valence-electron chi connectivity index (χ0n) is 17.8. The fourth-order valence-corrected chi connectivity index (χ4v) is 3.78. The number of carbonyl (C=O) groups is 2. The van der Waals surface area contributed by atoms with Gasteiger partial charge in [-0.2, -0.15) is 0 Å². The molecule has 160 valence electrons. The highest BCUT2D eigenvalue weighted by Gasteiger charge is 2.31. The van der Waals surface area contributed by atoms with E-state index in [1.54, 1.807) is 29.2 Å². The molecule has 0 N–H and O–H groups in total. The van der Waals surface area contributed by atoms with E-state index in [4.69, 9.17) is 14.0 Å². The van der Waals surface area contributed by atoms with Crippen LogP contribution in [0.2, 0.25) is 0 Å². The van der Waals surface area contributed by atoms with Crippen molar-refractivity contribution in [3.05, 3.63) is 76.7 Å². The number of anilines is 1. The van der Waals surface area contributed by atoms with Crippen LogP contribution in [0.25, 0.3) is 0 Å². The van der Waals surface area contributed by atoms with E-state index < -0.39 is 5.97 Å². The first-order valence-corrected chi connectivity index (χ1v) is 10.2. The first-order valence-electron chi connectivity index (χ1n) is 10.2. The Labute approximate surface area is 180 Å². The number of aryl methyl sites for hydroxylation is 2. The lowest BCUT2D eigenvalue weighted by Gasteiger charge is -2.22. The summed E-state index contributed by atoms with van der Waals surface area (Å²) in [6.45, 7) is 5.70. The molecule has 0 aliphatic carbocycles. The van der Waals surface area contributed by atoms with Gasteiger partial charge in [-0.3, -0.25) is 4.79 Å². The summed E-state index contributed by atoms with van der Waals surface area (Å²) in [5.74, 6) is 0.545. The maximum absolute atomic E-state index is 12.7. The van der Waals surface area contributed by atoms with E-state index in [1.807, 2.05) is 45.0 Å². The third kappa shape index (κ3) is 4.30. The molecule has 31 heavy (non-hydrogen) atoms. The smallest absolute Gasteiger partial charge is 0.338 e. The van der Waals surface area contributed by atoms with Gasteiger partial charge in [-0.15, -0.1) is 0 Å². The number of ether oxygens (including phenoxy) is 2. The minimum atomic E-state index is -0.550. The van der Waals surface area contributed by atoms with Crippen molar-refractivity contribution in [3.8, 4) is 5.75 Å². The number of aromatic nitrogens is 1. The number of esters is 1. The molecule has 3 aromatic rings. The van der Waals surface area contributed by atoms with Gasteiger partial charge in [-0.1, -0.05) is 23.4 Å². The topological polar surface area (TPSA) is 81.9 Å². The van der Waals surface area contributed by atoms with Gasteiger partial charge in [0.05, 0.1) is 16.8 Å². The minimum absolute atomic E-state index is 0.0396. The normalized spacial score (nSPS) is 14.9. The number of fused-ring (bicyclic) bond motifs is 1. The number of para-hydroxylation sites is 1. The third-order valence-electron chi connectivity index (χ3n) is 5.46. The standard InChI is InChI=1S/C24H24N2O5/c1-15-12-19-6-4-5-7-22(19)26(15)23(27)14-30-24(28)18-8-10-20(11-9-18)29-13-21-16(2)25-31-17(21)3/h4-11,15H,12-14H2,1-3H3. The molecule has 0 fully saturated rings. The summed E-state index contributed by atoms with van der Waals surface area (Å²) in [4.78, 5) is 26.8. The van der Waals surface area contributed by atoms with Crippen molar-refractivity contribution in [3.63, 3.8) is 0 Å². The summed E-state index contributed by atoms with van der Waals surface area (Å²) in [5.41, 5.74) is 4.06. The van der Waals surface area contributed by atoms with Crippen LogP contribution in [-0.4, -0.2) is 29.7 Å². The molecule has 0 radical (unpaired) electrons. The average Bonchev–Trinajstić information content (AvgIpc) is 3.28. The second kappa shape index (κ2) is 8.63.